The Bertz CT molecular complexity index is 990. The van der Waals surface area contributed by atoms with Gasteiger partial charge in [-0.15, -0.1) is 0 Å². The van der Waals surface area contributed by atoms with Gasteiger partial charge in [-0.25, -0.2) is 0 Å². The van der Waals surface area contributed by atoms with Gasteiger partial charge in [0.25, 0.3) is 11.8 Å². The van der Waals surface area contributed by atoms with Crippen LogP contribution in [-0.2, 0) is 10.8 Å². The molecule has 0 aliphatic heterocycles. The highest BCUT2D eigenvalue weighted by molar-refractivity contribution is 6.12. The summed E-state index contributed by atoms with van der Waals surface area (Å²) >= 11 is 0. The van der Waals surface area contributed by atoms with Crippen LogP contribution in [0.4, 0.5) is 27.6 Å². The first-order valence-electron chi connectivity index (χ1n) is 8.69. The number of alkyl halides is 5. The lowest BCUT2D eigenvalue weighted by molar-refractivity contribution is -0.289. The van der Waals surface area contributed by atoms with Gasteiger partial charge in [0.2, 0.25) is 0 Å². The molecule has 0 saturated carbocycles. The molecule has 2 amide bonds. The van der Waals surface area contributed by atoms with Crippen molar-refractivity contribution in [1.29, 1.82) is 0 Å². The van der Waals surface area contributed by atoms with Crippen LogP contribution in [0, 0.1) is 6.92 Å². The topological polar surface area (TPSA) is 79.5 Å². The van der Waals surface area contributed by atoms with Gasteiger partial charge in [-0.2, -0.15) is 22.0 Å². The summed E-state index contributed by atoms with van der Waals surface area (Å²) in [5.74, 6) is -6.39. The number of hydrogen-bond acceptors (Lipinski definition) is 4. The molecule has 0 saturated heterocycles. The van der Waals surface area contributed by atoms with E-state index >= 15 is 0 Å². The average Bonchev–Trinajstić information content (AvgIpc) is 2.71. The molecule has 2 aromatic carbocycles. The molecule has 0 aliphatic rings. The first-order chi connectivity index (χ1) is 14.5. The smallest absolute Gasteiger partial charge is 0.327 e. The summed E-state index contributed by atoms with van der Waals surface area (Å²) in [5, 5.41) is 4.83. The second-order valence-corrected chi connectivity index (χ2v) is 6.23. The molecular weight excluding hydrogens is 425 g/mol. The van der Waals surface area contributed by atoms with Gasteiger partial charge >= 0.3 is 12.1 Å². The van der Waals surface area contributed by atoms with Crippen LogP contribution in [0.2, 0.25) is 0 Å². The van der Waals surface area contributed by atoms with Gasteiger partial charge in [-0.3, -0.25) is 19.9 Å². The molecule has 0 aliphatic carbocycles. The second-order valence-electron chi connectivity index (χ2n) is 6.23. The fourth-order valence-electron chi connectivity index (χ4n) is 2.53. The lowest BCUT2D eigenvalue weighted by atomic mass is 10.0. The van der Waals surface area contributed by atoms with Crippen LogP contribution in [0.5, 0.6) is 0 Å². The van der Waals surface area contributed by atoms with Crippen LogP contribution in [0.15, 0.2) is 54.9 Å². The van der Waals surface area contributed by atoms with Crippen molar-refractivity contribution >= 4 is 17.5 Å². The molecule has 6 nitrogen and oxygen atoms in total. The van der Waals surface area contributed by atoms with E-state index in [1.165, 1.54) is 50.7 Å². The summed E-state index contributed by atoms with van der Waals surface area (Å²) < 4.78 is 64.7. The van der Waals surface area contributed by atoms with Crippen molar-refractivity contribution in [3.05, 3.63) is 77.1 Å². The van der Waals surface area contributed by atoms with E-state index in [-0.39, 0.29) is 22.4 Å². The molecule has 11 heteroatoms. The maximum atomic E-state index is 13.5. The minimum Gasteiger partial charge on any atom is -0.327 e. The van der Waals surface area contributed by atoms with Crippen molar-refractivity contribution in [2.45, 2.75) is 19.0 Å². The molecule has 0 atom stereocenters. The summed E-state index contributed by atoms with van der Waals surface area (Å²) in [6, 6.07) is 7.97. The molecule has 0 heterocycles. The molecule has 0 radical (unpaired) electrons. The Labute approximate surface area is 174 Å². The Morgan fingerprint density at radius 1 is 0.935 bits per heavy atom. The molecule has 2 rings (SSSR count). The summed E-state index contributed by atoms with van der Waals surface area (Å²) in [6.07, 6.45) is -3.21. The molecule has 3 N–H and O–H groups in total. The molecule has 0 unspecified atom stereocenters. The molecule has 0 aromatic heterocycles. The highest BCUT2D eigenvalue weighted by atomic mass is 19.4. The number of nitrogens with one attached hydrogen (secondary N) is 3. The zero-order chi connectivity index (χ0) is 23.2. The third kappa shape index (κ3) is 5.57. The highest BCUT2D eigenvalue weighted by Gasteiger charge is 2.58. The third-order valence-corrected chi connectivity index (χ3v) is 4.09. The summed E-state index contributed by atoms with van der Waals surface area (Å²) in [4.78, 5) is 29.5. The first kappa shape index (κ1) is 23.8. The Morgan fingerprint density at radius 3 is 2.10 bits per heavy atom. The summed E-state index contributed by atoms with van der Waals surface area (Å²) in [5.41, 5.74) is 1.11. The monoisotopic (exact) mass is 443 g/mol. The minimum atomic E-state index is -5.75. The van der Waals surface area contributed by atoms with Crippen LogP contribution in [0.1, 0.15) is 31.8 Å². The van der Waals surface area contributed by atoms with Crippen molar-refractivity contribution in [3.63, 3.8) is 0 Å². The number of benzene rings is 2. The maximum absolute atomic E-state index is 13.5. The predicted octanol–water partition coefficient (Wildman–Crippen LogP) is 4.25. The van der Waals surface area contributed by atoms with Gasteiger partial charge < -0.3 is 10.6 Å². The lowest BCUT2D eigenvalue weighted by Crippen LogP contribution is -2.33. The number of halogens is 5. The van der Waals surface area contributed by atoms with Crippen molar-refractivity contribution in [1.82, 2.24) is 10.8 Å². The normalized spacial score (nSPS) is 12.0. The van der Waals surface area contributed by atoms with Crippen LogP contribution < -0.4 is 16.1 Å². The van der Waals surface area contributed by atoms with Crippen LogP contribution in [0.3, 0.4) is 0 Å². The summed E-state index contributed by atoms with van der Waals surface area (Å²) in [7, 11) is 1.37. The maximum Gasteiger partial charge on any atom is 0.458 e. The molecular formula is C20H18F5N3O3. The molecule has 0 fully saturated rings. The van der Waals surface area contributed by atoms with E-state index < -0.39 is 29.5 Å². The fourth-order valence-corrected chi connectivity index (χ4v) is 2.53. The third-order valence-electron chi connectivity index (χ3n) is 4.09. The molecule has 0 spiro atoms. The zero-order valence-corrected chi connectivity index (χ0v) is 16.3. The average molecular weight is 443 g/mol. The molecule has 0 bridgehead atoms. The number of aryl methyl sites for hydroxylation is 1. The van der Waals surface area contributed by atoms with Crippen LogP contribution >= 0.6 is 0 Å². The van der Waals surface area contributed by atoms with Crippen molar-refractivity contribution in [2.75, 3.05) is 12.4 Å². The standard InChI is InChI=1S/C20H18F5N3O3/c1-12-11-13(19(21,22)20(23,24)25)7-8-16(12)28-18(30)15-6-4-3-5-14(15)17(29)26-9-10-27-31-2/h3-11,27H,1-2H3,(H,26,29)(H,28,30). The molecule has 31 heavy (non-hydrogen) atoms. The zero-order valence-electron chi connectivity index (χ0n) is 16.3. The SMILES string of the molecule is CONC=CNC(=O)c1ccccc1C(=O)Nc1ccc(C(F)(F)C(F)(F)F)cc1C. The van der Waals surface area contributed by atoms with Crippen molar-refractivity contribution in [2.24, 2.45) is 0 Å². The van der Waals surface area contributed by atoms with Crippen LogP contribution in [-0.4, -0.2) is 25.1 Å². The Hall–Kier alpha value is -3.47. The molecule has 166 valence electrons. The lowest BCUT2D eigenvalue weighted by Gasteiger charge is -2.21. The second kappa shape index (κ2) is 9.56. The van der Waals surface area contributed by atoms with Gasteiger partial charge in [0.05, 0.1) is 18.2 Å². The number of carbonyl (C=O) groups excluding carboxylic acids is 2. The van der Waals surface area contributed by atoms with E-state index in [2.05, 4.69) is 21.0 Å². The van der Waals surface area contributed by atoms with Gasteiger partial charge in [0, 0.05) is 23.7 Å². The predicted molar refractivity (Wildman–Crippen MR) is 102 cm³/mol. The summed E-state index contributed by atoms with van der Waals surface area (Å²) in [6.45, 7) is 1.28. The number of anilines is 1. The fraction of sp³-hybridized carbons (Fsp3) is 0.200. The van der Waals surface area contributed by atoms with Crippen LogP contribution in [0.25, 0.3) is 0 Å². The van der Waals surface area contributed by atoms with E-state index in [1.54, 1.807) is 0 Å². The van der Waals surface area contributed by atoms with E-state index in [9.17, 15) is 31.5 Å². The quantitative estimate of drug-likeness (QED) is 0.442. The van der Waals surface area contributed by atoms with E-state index in [0.29, 0.717) is 12.1 Å². The van der Waals surface area contributed by atoms with Gasteiger partial charge in [0.15, 0.2) is 0 Å². The Morgan fingerprint density at radius 2 is 1.55 bits per heavy atom. The Kier molecular flexibility index (Phi) is 7.34. The molecule has 2 aromatic rings. The van der Waals surface area contributed by atoms with Gasteiger partial charge in [-0.05, 0) is 36.8 Å². The van der Waals surface area contributed by atoms with Gasteiger partial charge in [-0.1, -0.05) is 18.2 Å². The number of carbonyl (C=O) groups is 2. The number of rotatable bonds is 7. The number of amides is 2. The van der Waals surface area contributed by atoms with E-state index in [1.807, 2.05) is 0 Å². The largest absolute Gasteiger partial charge is 0.458 e. The highest BCUT2D eigenvalue weighted by Crippen LogP contribution is 2.44. The van der Waals surface area contributed by atoms with Crippen molar-refractivity contribution in [3.8, 4) is 0 Å². The minimum absolute atomic E-state index is 0.00900. The van der Waals surface area contributed by atoms with E-state index in [4.69, 9.17) is 0 Å². The Balaban J connectivity index is 2.24. The van der Waals surface area contributed by atoms with E-state index in [0.717, 1.165) is 6.07 Å². The number of hydrogen-bond donors (Lipinski definition) is 3. The number of hydroxylamine groups is 1. The first-order valence-corrected chi connectivity index (χ1v) is 8.69. The van der Waals surface area contributed by atoms with Crippen molar-refractivity contribution < 1.29 is 36.4 Å². The van der Waals surface area contributed by atoms with Gasteiger partial charge in [0.1, 0.15) is 0 Å².